The van der Waals surface area contributed by atoms with Gasteiger partial charge in [-0.2, -0.15) is 5.10 Å². The van der Waals surface area contributed by atoms with Gasteiger partial charge in [0, 0.05) is 5.56 Å². The first-order valence-electron chi connectivity index (χ1n) is 5.25. The molecule has 1 N–H and O–H groups in total. The topological polar surface area (TPSA) is 62.8 Å². The van der Waals surface area contributed by atoms with Gasteiger partial charge >= 0.3 is 0 Å². The molecule has 0 radical (unpaired) electrons. The Bertz CT molecular complexity index is 612. The lowest BCUT2D eigenvalue weighted by Gasteiger charge is -2.02. The van der Waals surface area contributed by atoms with Crippen molar-refractivity contribution in [2.75, 3.05) is 0 Å². The minimum absolute atomic E-state index is 0.135. The molecule has 0 spiro atoms. The van der Waals surface area contributed by atoms with Crippen molar-refractivity contribution in [3.63, 3.8) is 0 Å². The van der Waals surface area contributed by atoms with Crippen LogP contribution in [-0.2, 0) is 0 Å². The molecule has 1 aromatic heterocycles. The van der Waals surface area contributed by atoms with Gasteiger partial charge in [0.2, 0.25) is 0 Å². The fraction of sp³-hybridized carbons (Fsp3) is 0.154. The van der Waals surface area contributed by atoms with Crippen LogP contribution in [0.5, 0.6) is 0 Å². The number of H-pyrrole nitrogens is 1. The normalized spacial score (nSPS) is 10.2. The summed E-state index contributed by atoms with van der Waals surface area (Å²) in [6.45, 7) is 3.36. The van der Waals surface area contributed by atoms with E-state index in [0.29, 0.717) is 5.69 Å². The zero-order valence-corrected chi connectivity index (χ0v) is 9.65. The van der Waals surface area contributed by atoms with Gasteiger partial charge in [-0.15, -0.1) is 0 Å². The van der Waals surface area contributed by atoms with Crippen LogP contribution in [0.25, 0.3) is 11.3 Å². The van der Waals surface area contributed by atoms with Gasteiger partial charge in [0.15, 0.2) is 5.78 Å². The van der Waals surface area contributed by atoms with Gasteiger partial charge in [-0.3, -0.25) is 9.59 Å². The number of carbonyl (C=O) groups is 1. The summed E-state index contributed by atoms with van der Waals surface area (Å²) < 4.78 is 0. The van der Waals surface area contributed by atoms with Crippen LogP contribution in [-0.4, -0.2) is 16.0 Å². The number of aromatic amines is 1. The zero-order valence-electron chi connectivity index (χ0n) is 9.65. The van der Waals surface area contributed by atoms with Gasteiger partial charge in [0.05, 0.1) is 11.3 Å². The summed E-state index contributed by atoms with van der Waals surface area (Å²) in [6.07, 6.45) is 0. The van der Waals surface area contributed by atoms with Crippen LogP contribution >= 0.6 is 0 Å². The lowest BCUT2D eigenvalue weighted by molar-refractivity contribution is 0.101. The maximum atomic E-state index is 11.4. The predicted molar refractivity (Wildman–Crippen MR) is 65.0 cm³/mol. The van der Waals surface area contributed by atoms with Gasteiger partial charge in [-0.25, -0.2) is 5.10 Å². The highest BCUT2D eigenvalue weighted by atomic mass is 16.1. The Morgan fingerprint density at radius 3 is 2.47 bits per heavy atom. The number of Topliss-reactive ketones (excluding diaryl/α,β-unsaturated/α-hetero) is 1. The summed E-state index contributed by atoms with van der Waals surface area (Å²) in [5, 5.41) is 6.27. The first kappa shape index (κ1) is 11.3. The molecule has 0 saturated heterocycles. The summed E-state index contributed by atoms with van der Waals surface area (Å²) in [5.41, 5.74) is 2.29. The molecule has 0 amide bonds. The van der Waals surface area contributed by atoms with Crippen molar-refractivity contribution in [2.24, 2.45) is 0 Å². The first-order valence-corrected chi connectivity index (χ1v) is 5.25. The average molecular weight is 228 g/mol. The molecule has 17 heavy (non-hydrogen) atoms. The fourth-order valence-electron chi connectivity index (χ4n) is 1.54. The Hall–Kier alpha value is -2.23. The molecule has 0 saturated carbocycles. The summed E-state index contributed by atoms with van der Waals surface area (Å²) >= 11 is 0. The molecular weight excluding hydrogens is 216 g/mol. The Kier molecular flexibility index (Phi) is 2.87. The van der Waals surface area contributed by atoms with Crippen LogP contribution in [0.1, 0.15) is 22.8 Å². The number of ketones is 1. The molecule has 0 atom stereocenters. The Balaban J connectivity index is 2.53. The van der Waals surface area contributed by atoms with Crippen molar-refractivity contribution >= 4 is 5.78 Å². The summed E-state index contributed by atoms with van der Waals surface area (Å²) in [6, 6.07) is 9.23. The highest BCUT2D eigenvalue weighted by Gasteiger charge is 2.08. The molecule has 1 heterocycles. The Morgan fingerprint density at radius 2 is 1.88 bits per heavy atom. The molecule has 2 rings (SSSR count). The number of hydrogen-bond donors (Lipinski definition) is 1. The van der Waals surface area contributed by atoms with E-state index in [4.69, 9.17) is 0 Å². The highest BCUT2D eigenvalue weighted by molar-refractivity contribution is 5.94. The third-order valence-electron chi connectivity index (χ3n) is 2.53. The van der Waals surface area contributed by atoms with Crippen molar-refractivity contribution < 1.29 is 4.79 Å². The van der Waals surface area contributed by atoms with E-state index in [0.717, 1.165) is 11.1 Å². The van der Waals surface area contributed by atoms with Crippen molar-refractivity contribution in [3.05, 3.63) is 51.8 Å². The lowest BCUT2D eigenvalue weighted by Crippen LogP contribution is -2.17. The monoisotopic (exact) mass is 228 g/mol. The van der Waals surface area contributed by atoms with Crippen LogP contribution < -0.4 is 5.56 Å². The van der Waals surface area contributed by atoms with Gasteiger partial charge < -0.3 is 0 Å². The molecule has 0 aliphatic rings. The number of carbonyl (C=O) groups excluding carboxylic acids is 1. The van der Waals surface area contributed by atoms with Crippen LogP contribution in [0.2, 0.25) is 0 Å². The molecule has 2 aromatic rings. The largest absolute Gasteiger partial charge is 0.294 e. The molecule has 4 nitrogen and oxygen atoms in total. The van der Waals surface area contributed by atoms with Crippen molar-refractivity contribution in [2.45, 2.75) is 13.8 Å². The van der Waals surface area contributed by atoms with Crippen molar-refractivity contribution in [1.82, 2.24) is 10.2 Å². The second kappa shape index (κ2) is 4.33. The number of nitrogens with one attached hydrogen (secondary N) is 1. The standard InChI is InChI=1S/C13H12N2O2/c1-8-3-5-10(6-4-8)12-7-11(9(2)16)13(17)15-14-12/h3-7H,1-2H3,(H,15,17). The number of aromatic nitrogens is 2. The van der Waals surface area contributed by atoms with Gasteiger partial charge in [-0.05, 0) is 19.9 Å². The number of aryl methyl sites for hydroxylation is 1. The van der Waals surface area contributed by atoms with Crippen LogP contribution in [0, 0.1) is 6.92 Å². The quantitative estimate of drug-likeness (QED) is 0.799. The molecule has 0 aliphatic carbocycles. The summed E-state index contributed by atoms with van der Waals surface area (Å²) in [5.74, 6) is -0.262. The van der Waals surface area contributed by atoms with Crippen LogP contribution in [0.15, 0.2) is 35.1 Å². The molecule has 0 unspecified atom stereocenters. The van der Waals surface area contributed by atoms with E-state index in [1.807, 2.05) is 31.2 Å². The zero-order chi connectivity index (χ0) is 12.4. The summed E-state index contributed by atoms with van der Waals surface area (Å²) in [4.78, 5) is 22.6. The molecule has 0 aliphatic heterocycles. The van der Waals surface area contributed by atoms with Gasteiger partial charge in [-0.1, -0.05) is 29.8 Å². The minimum atomic E-state index is -0.451. The smallest absolute Gasteiger partial charge is 0.275 e. The fourth-order valence-corrected chi connectivity index (χ4v) is 1.54. The van der Waals surface area contributed by atoms with Crippen LogP contribution in [0.4, 0.5) is 0 Å². The summed E-state index contributed by atoms with van der Waals surface area (Å²) in [7, 11) is 0. The number of nitrogens with zero attached hydrogens (tertiary/aromatic N) is 1. The van der Waals surface area contributed by atoms with Gasteiger partial charge in [0.25, 0.3) is 5.56 Å². The van der Waals surface area contributed by atoms with E-state index in [1.54, 1.807) is 0 Å². The third-order valence-corrected chi connectivity index (χ3v) is 2.53. The number of hydrogen-bond acceptors (Lipinski definition) is 3. The van der Waals surface area contributed by atoms with Crippen LogP contribution in [0.3, 0.4) is 0 Å². The van der Waals surface area contributed by atoms with E-state index in [9.17, 15) is 9.59 Å². The average Bonchev–Trinajstić information content (AvgIpc) is 2.30. The second-order valence-electron chi connectivity index (χ2n) is 3.92. The van der Waals surface area contributed by atoms with E-state index in [2.05, 4.69) is 10.2 Å². The second-order valence-corrected chi connectivity index (χ2v) is 3.92. The first-order chi connectivity index (χ1) is 8.08. The number of rotatable bonds is 2. The molecule has 0 fully saturated rings. The molecule has 1 aromatic carbocycles. The SMILES string of the molecule is CC(=O)c1cc(-c2ccc(C)cc2)n[nH]c1=O. The Morgan fingerprint density at radius 1 is 1.24 bits per heavy atom. The maximum absolute atomic E-state index is 11.4. The van der Waals surface area contributed by atoms with E-state index >= 15 is 0 Å². The van der Waals surface area contributed by atoms with Crippen molar-refractivity contribution in [3.8, 4) is 11.3 Å². The molecule has 4 heteroatoms. The lowest BCUT2D eigenvalue weighted by atomic mass is 10.1. The molecule has 0 bridgehead atoms. The van der Waals surface area contributed by atoms with E-state index in [1.165, 1.54) is 13.0 Å². The Labute approximate surface area is 98.3 Å². The third kappa shape index (κ3) is 2.30. The molecule has 86 valence electrons. The predicted octanol–water partition coefficient (Wildman–Crippen LogP) is 1.95. The van der Waals surface area contributed by atoms with Gasteiger partial charge in [0.1, 0.15) is 0 Å². The minimum Gasteiger partial charge on any atom is -0.294 e. The van der Waals surface area contributed by atoms with E-state index < -0.39 is 5.56 Å². The molecular formula is C13H12N2O2. The maximum Gasteiger partial charge on any atom is 0.275 e. The van der Waals surface area contributed by atoms with Crippen molar-refractivity contribution in [1.29, 1.82) is 0 Å². The highest BCUT2D eigenvalue weighted by Crippen LogP contribution is 2.16. The van der Waals surface area contributed by atoms with E-state index in [-0.39, 0.29) is 11.3 Å². The number of benzene rings is 1.